The Hall–Kier alpha value is -3.02. The zero-order valence-corrected chi connectivity index (χ0v) is 13.3. The van der Waals surface area contributed by atoms with E-state index >= 15 is 0 Å². The van der Waals surface area contributed by atoms with E-state index in [9.17, 15) is 13.2 Å². The van der Waals surface area contributed by atoms with E-state index in [2.05, 4.69) is 4.98 Å². The standard InChI is InChI=1S/C19H15F3N2O/c1-12-11-14(19(20,21)22)6-9-17(12)25-15-7-4-13(5-8-15)16-3-2-10-24-18(16)23/h2-11H,1H3,(H2,23,24). The summed E-state index contributed by atoms with van der Waals surface area (Å²) < 4.78 is 43.8. The molecule has 1 heterocycles. The number of hydrogen-bond acceptors (Lipinski definition) is 3. The third-order valence-corrected chi connectivity index (χ3v) is 3.73. The molecular weight excluding hydrogens is 329 g/mol. The molecule has 25 heavy (non-hydrogen) atoms. The molecule has 0 saturated carbocycles. The lowest BCUT2D eigenvalue weighted by Gasteiger charge is -2.12. The van der Waals surface area contributed by atoms with Crippen LogP contribution in [-0.4, -0.2) is 4.98 Å². The second kappa shape index (κ2) is 6.47. The Kier molecular flexibility index (Phi) is 4.35. The number of nitrogens with two attached hydrogens (primary N) is 1. The van der Waals surface area contributed by atoms with Crippen LogP contribution < -0.4 is 10.5 Å². The molecule has 2 aromatic carbocycles. The summed E-state index contributed by atoms with van der Waals surface area (Å²) in [7, 11) is 0. The molecule has 0 amide bonds. The van der Waals surface area contributed by atoms with Gasteiger partial charge in [-0.05, 0) is 60.5 Å². The number of hydrogen-bond donors (Lipinski definition) is 1. The number of rotatable bonds is 3. The molecule has 0 bridgehead atoms. The highest BCUT2D eigenvalue weighted by molar-refractivity contribution is 5.73. The highest BCUT2D eigenvalue weighted by Crippen LogP contribution is 2.34. The first-order chi connectivity index (χ1) is 11.8. The molecule has 0 saturated heterocycles. The lowest BCUT2D eigenvalue weighted by molar-refractivity contribution is -0.137. The van der Waals surface area contributed by atoms with Gasteiger partial charge in [0.1, 0.15) is 17.3 Å². The van der Waals surface area contributed by atoms with E-state index in [-0.39, 0.29) is 0 Å². The molecule has 0 atom stereocenters. The maximum absolute atomic E-state index is 12.7. The van der Waals surface area contributed by atoms with Gasteiger partial charge in [-0.3, -0.25) is 0 Å². The largest absolute Gasteiger partial charge is 0.457 e. The quantitative estimate of drug-likeness (QED) is 0.687. The van der Waals surface area contributed by atoms with Crippen molar-refractivity contribution in [3.63, 3.8) is 0 Å². The Bertz CT molecular complexity index is 890. The number of anilines is 1. The van der Waals surface area contributed by atoms with Crippen LogP contribution >= 0.6 is 0 Å². The van der Waals surface area contributed by atoms with Crippen molar-refractivity contribution in [3.8, 4) is 22.6 Å². The van der Waals surface area contributed by atoms with E-state index in [4.69, 9.17) is 10.5 Å². The molecule has 0 unspecified atom stereocenters. The molecule has 0 aliphatic carbocycles. The van der Waals surface area contributed by atoms with Crippen molar-refractivity contribution >= 4 is 5.82 Å². The van der Waals surface area contributed by atoms with Crippen LogP contribution in [-0.2, 0) is 6.18 Å². The van der Waals surface area contributed by atoms with Crippen LogP contribution in [0.2, 0.25) is 0 Å². The topological polar surface area (TPSA) is 48.1 Å². The van der Waals surface area contributed by atoms with Crippen LogP contribution in [0.4, 0.5) is 19.0 Å². The molecule has 3 aromatic rings. The number of halogens is 3. The average Bonchev–Trinajstić information content (AvgIpc) is 2.57. The Balaban J connectivity index is 1.81. The molecule has 0 fully saturated rings. The second-order valence-electron chi connectivity index (χ2n) is 5.54. The number of benzene rings is 2. The van der Waals surface area contributed by atoms with Crippen LogP contribution in [0.3, 0.4) is 0 Å². The van der Waals surface area contributed by atoms with Crippen molar-refractivity contribution < 1.29 is 17.9 Å². The fourth-order valence-electron chi connectivity index (χ4n) is 2.43. The third kappa shape index (κ3) is 3.74. The molecule has 6 heteroatoms. The minimum atomic E-state index is -4.37. The lowest BCUT2D eigenvalue weighted by Crippen LogP contribution is -2.05. The number of aromatic nitrogens is 1. The second-order valence-corrected chi connectivity index (χ2v) is 5.54. The van der Waals surface area contributed by atoms with Crippen molar-refractivity contribution in [2.24, 2.45) is 0 Å². The Morgan fingerprint density at radius 3 is 2.32 bits per heavy atom. The summed E-state index contributed by atoms with van der Waals surface area (Å²) in [5, 5.41) is 0. The molecule has 1 aromatic heterocycles. The average molecular weight is 344 g/mol. The minimum absolute atomic E-state index is 0.377. The van der Waals surface area contributed by atoms with Gasteiger partial charge in [0.25, 0.3) is 0 Å². The van der Waals surface area contributed by atoms with Crippen LogP contribution in [0.25, 0.3) is 11.1 Å². The van der Waals surface area contributed by atoms with E-state index in [0.717, 1.165) is 23.3 Å². The Labute approximate surface area is 142 Å². The summed E-state index contributed by atoms with van der Waals surface area (Å²) in [6, 6.07) is 14.2. The third-order valence-electron chi connectivity index (χ3n) is 3.73. The number of aryl methyl sites for hydroxylation is 1. The summed E-state index contributed by atoms with van der Waals surface area (Å²) in [5.74, 6) is 1.32. The molecule has 2 N–H and O–H groups in total. The van der Waals surface area contributed by atoms with Gasteiger partial charge in [-0.15, -0.1) is 0 Å². The van der Waals surface area contributed by atoms with Crippen LogP contribution in [0, 0.1) is 6.92 Å². The summed E-state index contributed by atoms with van der Waals surface area (Å²) in [5.41, 5.74) is 7.25. The van der Waals surface area contributed by atoms with Gasteiger partial charge in [-0.1, -0.05) is 12.1 Å². The van der Waals surface area contributed by atoms with Crippen molar-refractivity contribution in [1.29, 1.82) is 0 Å². The maximum atomic E-state index is 12.7. The first-order valence-electron chi connectivity index (χ1n) is 7.51. The van der Waals surface area contributed by atoms with Crippen LogP contribution in [0.5, 0.6) is 11.5 Å². The number of nitrogen functional groups attached to an aromatic ring is 1. The zero-order valence-electron chi connectivity index (χ0n) is 13.3. The van der Waals surface area contributed by atoms with E-state index in [1.807, 2.05) is 18.2 Å². The van der Waals surface area contributed by atoms with Crippen molar-refractivity contribution in [2.45, 2.75) is 13.1 Å². The molecule has 0 spiro atoms. The predicted octanol–water partition coefficient (Wildman–Crippen LogP) is 5.45. The molecule has 3 rings (SSSR count). The maximum Gasteiger partial charge on any atom is 0.416 e. The molecule has 3 nitrogen and oxygen atoms in total. The van der Waals surface area contributed by atoms with Gasteiger partial charge >= 0.3 is 6.18 Å². The summed E-state index contributed by atoms with van der Waals surface area (Å²) >= 11 is 0. The van der Waals surface area contributed by atoms with Gasteiger partial charge in [0, 0.05) is 11.8 Å². The van der Waals surface area contributed by atoms with E-state index in [0.29, 0.717) is 22.9 Å². The van der Waals surface area contributed by atoms with Gasteiger partial charge in [0.15, 0.2) is 0 Å². The first kappa shape index (κ1) is 16.8. The van der Waals surface area contributed by atoms with Crippen LogP contribution in [0.1, 0.15) is 11.1 Å². The molecule has 0 radical (unpaired) electrons. The highest BCUT2D eigenvalue weighted by Gasteiger charge is 2.30. The predicted molar refractivity (Wildman–Crippen MR) is 90.3 cm³/mol. The van der Waals surface area contributed by atoms with Gasteiger partial charge in [-0.2, -0.15) is 13.2 Å². The molecule has 0 aliphatic rings. The summed E-state index contributed by atoms with van der Waals surface area (Å²) in [6.45, 7) is 1.58. The number of nitrogens with zero attached hydrogens (tertiary/aromatic N) is 1. The van der Waals surface area contributed by atoms with E-state index in [1.165, 1.54) is 6.07 Å². The van der Waals surface area contributed by atoms with Crippen molar-refractivity contribution in [1.82, 2.24) is 4.98 Å². The normalized spacial score (nSPS) is 11.4. The van der Waals surface area contributed by atoms with Gasteiger partial charge < -0.3 is 10.5 Å². The van der Waals surface area contributed by atoms with Gasteiger partial charge in [-0.25, -0.2) is 4.98 Å². The number of pyridine rings is 1. The highest BCUT2D eigenvalue weighted by atomic mass is 19.4. The van der Waals surface area contributed by atoms with Gasteiger partial charge in [0.2, 0.25) is 0 Å². The molecule has 128 valence electrons. The SMILES string of the molecule is Cc1cc(C(F)(F)F)ccc1Oc1ccc(-c2cccnc2N)cc1. The van der Waals surface area contributed by atoms with Crippen molar-refractivity contribution in [2.75, 3.05) is 5.73 Å². The van der Waals surface area contributed by atoms with E-state index in [1.54, 1.807) is 31.3 Å². The number of ether oxygens (including phenoxy) is 1. The van der Waals surface area contributed by atoms with E-state index < -0.39 is 11.7 Å². The smallest absolute Gasteiger partial charge is 0.416 e. The van der Waals surface area contributed by atoms with Crippen LogP contribution in [0.15, 0.2) is 60.8 Å². The van der Waals surface area contributed by atoms with Gasteiger partial charge in [0.05, 0.1) is 5.56 Å². The lowest BCUT2D eigenvalue weighted by atomic mass is 10.1. The summed E-state index contributed by atoms with van der Waals surface area (Å²) in [6.07, 6.45) is -2.75. The fourth-order valence-corrected chi connectivity index (χ4v) is 2.43. The Morgan fingerprint density at radius 2 is 1.72 bits per heavy atom. The Morgan fingerprint density at radius 1 is 1.00 bits per heavy atom. The van der Waals surface area contributed by atoms with Crippen molar-refractivity contribution in [3.05, 3.63) is 71.9 Å². The summed E-state index contributed by atoms with van der Waals surface area (Å²) in [4.78, 5) is 4.04. The zero-order chi connectivity index (χ0) is 18.0. The minimum Gasteiger partial charge on any atom is -0.457 e. The fraction of sp³-hybridized carbons (Fsp3) is 0.105. The number of alkyl halides is 3. The first-order valence-corrected chi connectivity index (χ1v) is 7.51. The molecular formula is C19H15F3N2O. The molecule has 0 aliphatic heterocycles. The monoisotopic (exact) mass is 344 g/mol.